The number of H-pyrrole nitrogens is 1. The van der Waals surface area contributed by atoms with Gasteiger partial charge in [0, 0.05) is 22.3 Å². The SMILES string of the molecule is Cc1ccc2nc(-c3cccc(NCc4cnc(Cl)s4)c3)[nH]c2c1. The number of aromatic nitrogens is 3. The van der Waals surface area contributed by atoms with Gasteiger partial charge in [0.1, 0.15) is 5.82 Å². The average molecular weight is 355 g/mol. The van der Waals surface area contributed by atoms with Crippen LogP contribution in [-0.4, -0.2) is 15.0 Å². The molecule has 120 valence electrons. The van der Waals surface area contributed by atoms with Crippen molar-refractivity contribution >= 4 is 39.7 Å². The summed E-state index contributed by atoms with van der Waals surface area (Å²) in [6, 6.07) is 14.4. The molecule has 4 rings (SSSR count). The Hall–Kier alpha value is -2.37. The van der Waals surface area contributed by atoms with Gasteiger partial charge in [-0.15, -0.1) is 11.3 Å². The smallest absolute Gasteiger partial charge is 0.183 e. The molecule has 0 unspecified atom stereocenters. The predicted octanol–water partition coefficient (Wildman–Crippen LogP) is 5.26. The fourth-order valence-corrected chi connectivity index (χ4v) is 3.51. The monoisotopic (exact) mass is 354 g/mol. The van der Waals surface area contributed by atoms with Gasteiger partial charge in [0.25, 0.3) is 0 Å². The fourth-order valence-electron chi connectivity index (χ4n) is 2.59. The van der Waals surface area contributed by atoms with Crippen LogP contribution in [0.25, 0.3) is 22.4 Å². The first kappa shape index (κ1) is 15.2. The molecule has 6 heteroatoms. The van der Waals surface area contributed by atoms with E-state index in [2.05, 4.69) is 51.5 Å². The van der Waals surface area contributed by atoms with Crippen molar-refractivity contribution < 1.29 is 0 Å². The molecule has 0 radical (unpaired) electrons. The number of anilines is 1. The van der Waals surface area contributed by atoms with Gasteiger partial charge in [0.2, 0.25) is 0 Å². The molecule has 0 atom stereocenters. The van der Waals surface area contributed by atoms with Crippen LogP contribution < -0.4 is 5.32 Å². The number of nitrogens with zero attached hydrogens (tertiary/aromatic N) is 2. The summed E-state index contributed by atoms with van der Waals surface area (Å²) >= 11 is 7.35. The summed E-state index contributed by atoms with van der Waals surface area (Å²) in [5.41, 5.74) is 5.34. The Morgan fingerprint density at radius 1 is 1.21 bits per heavy atom. The standard InChI is InChI=1S/C18H15ClN4S/c1-11-5-6-15-16(7-11)23-17(22-15)12-3-2-4-13(8-12)20-9-14-10-21-18(19)24-14/h2-8,10,20H,9H2,1H3,(H,22,23). The molecule has 0 aliphatic rings. The number of rotatable bonds is 4. The molecule has 0 saturated heterocycles. The van der Waals surface area contributed by atoms with Gasteiger partial charge in [-0.1, -0.05) is 29.8 Å². The molecule has 2 heterocycles. The second-order valence-corrected chi connectivity index (χ2v) is 7.32. The highest BCUT2D eigenvalue weighted by atomic mass is 35.5. The highest BCUT2D eigenvalue weighted by Crippen LogP contribution is 2.24. The third-order valence-electron chi connectivity index (χ3n) is 3.77. The largest absolute Gasteiger partial charge is 0.380 e. The summed E-state index contributed by atoms with van der Waals surface area (Å²) in [6.45, 7) is 2.78. The molecule has 0 fully saturated rings. The topological polar surface area (TPSA) is 53.6 Å². The molecule has 0 aliphatic heterocycles. The molecule has 2 N–H and O–H groups in total. The van der Waals surface area contributed by atoms with Gasteiger partial charge < -0.3 is 10.3 Å². The Morgan fingerprint density at radius 2 is 2.12 bits per heavy atom. The van der Waals surface area contributed by atoms with Gasteiger partial charge in [-0.05, 0) is 36.8 Å². The average Bonchev–Trinajstić information content (AvgIpc) is 3.19. The lowest BCUT2D eigenvalue weighted by molar-refractivity contribution is 1.17. The summed E-state index contributed by atoms with van der Waals surface area (Å²) in [5.74, 6) is 0.875. The third-order valence-corrected chi connectivity index (χ3v) is 4.88. The Morgan fingerprint density at radius 3 is 2.96 bits per heavy atom. The van der Waals surface area contributed by atoms with Gasteiger partial charge >= 0.3 is 0 Å². The summed E-state index contributed by atoms with van der Waals surface area (Å²) in [4.78, 5) is 13.2. The van der Waals surface area contributed by atoms with E-state index in [0.29, 0.717) is 11.0 Å². The lowest BCUT2D eigenvalue weighted by atomic mass is 10.2. The number of halogens is 1. The van der Waals surface area contributed by atoms with Crippen molar-refractivity contribution in [3.8, 4) is 11.4 Å². The van der Waals surface area contributed by atoms with Crippen LogP contribution in [0.4, 0.5) is 5.69 Å². The van der Waals surface area contributed by atoms with Crippen LogP contribution in [0.1, 0.15) is 10.4 Å². The Bertz CT molecular complexity index is 1010. The fraction of sp³-hybridized carbons (Fsp3) is 0.111. The minimum absolute atomic E-state index is 0.568. The first-order valence-corrected chi connectivity index (χ1v) is 8.78. The Labute approximate surface area is 148 Å². The van der Waals surface area contributed by atoms with Crippen LogP contribution in [-0.2, 0) is 6.54 Å². The van der Waals surface area contributed by atoms with E-state index in [1.165, 1.54) is 16.9 Å². The molecular formula is C18H15ClN4S. The number of nitrogens with one attached hydrogen (secondary N) is 2. The van der Waals surface area contributed by atoms with E-state index in [9.17, 15) is 0 Å². The zero-order valence-electron chi connectivity index (χ0n) is 13.0. The number of benzene rings is 2. The van der Waals surface area contributed by atoms with Gasteiger partial charge in [0.05, 0.1) is 17.6 Å². The molecule has 0 spiro atoms. The molecule has 24 heavy (non-hydrogen) atoms. The van der Waals surface area contributed by atoms with Crippen molar-refractivity contribution in [2.75, 3.05) is 5.32 Å². The maximum atomic E-state index is 5.86. The van der Waals surface area contributed by atoms with Crippen LogP contribution in [0.3, 0.4) is 0 Å². The Kier molecular flexibility index (Phi) is 3.96. The molecule has 0 aliphatic carbocycles. The van der Waals surface area contributed by atoms with E-state index in [4.69, 9.17) is 11.6 Å². The van der Waals surface area contributed by atoms with Crippen molar-refractivity contribution in [3.63, 3.8) is 0 Å². The quantitative estimate of drug-likeness (QED) is 0.525. The van der Waals surface area contributed by atoms with Gasteiger partial charge in [0.15, 0.2) is 4.47 Å². The normalized spacial score (nSPS) is 11.1. The number of hydrogen-bond donors (Lipinski definition) is 2. The molecule has 0 bridgehead atoms. The zero-order chi connectivity index (χ0) is 16.5. The molecule has 4 aromatic rings. The van der Waals surface area contributed by atoms with Crippen molar-refractivity contribution in [1.29, 1.82) is 0 Å². The number of aromatic amines is 1. The first-order chi connectivity index (χ1) is 11.7. The summed E-state index contributed by atoms with van der Waals surface area (Å²) in [7, 11) is 0. The summed E-state index contributed by atoms with van der Waals surface area (Å²) < 4.78 is 0.568. The minimum Gasteiger partial charge on any atom is -0.380 e. The van der Waals surface area contributed by atoms with Gasteiger partial charge in [-0.25, -0.2) is 9.97 Å². The molecule has 0 amide bonds. The maximum absolute atomic E-state index is 5.86. The van der Waals surface area contributed by atoms with E-state index >= 15 is 0 Å². The van der Waals surface area contributed by atoms with Crippen LogP contribution in [0, 0.1) is 6.92 Å². The third kappa shape index (κ3) is 3.13. The van der Waals surface area contributed by atoms with Gasteiger partial charge in [-0.3, -0.25) is 0 Å². The van der Waals surface area contributed by atoms with E-state index < -0.39 is 0 Å². The zero-order valence-corrected chi connectivity index (χ0v) is 14.6. The maximum Gasteiger partial charge on any atom is 0.183 e. The first-order valence-electron chi connectivity index (χ1n) is 7.58. The molecule has 2 aromatic carbocycles. The predicted molar refractivity (Wildman–Crippen MR) is 101 cm³/mol. The molecular weight excluding hydrogens is 340 g/mol. The summed E-state index contributed by atoms with van der Waals surface area (Å²) in [5, 5.41) is 3.40. The molecule has 2 aromatic heterocycles. The molecule has 0 saturated carbocycles. The second kappa shape index (κ2) is 6.26. The van der Waals surface area contributed by atoms with E-state index in [1.54, 1.807) is 6.20 Å². The highest BCUT2D eigenvalue weighted by molar-refractivity contribution is 7.15. The number of thiazole rings is 1. The molecule has 4 nitrogen and oxygen atoms in total. The highest BCUT2D eigenvalue weighted by Gasteiger charge is 2.06. The van der Waals surface area contributed by atoms with Crippen LogP contribution in [0.2, 0.25) is 4.47 Å². The van der Waals surface area contributed by atoms with Crippen molar-refractivity contribution in [1.82, 2.24) is 15.0 Å². The Balaban J connectivity index is 1.58. The van der Waals surface area contributed by atoms with E-state index in [-0.39, 0.29) is 0 Å². The number of aryl methyl sites for hydroxylation is 1. The minimum atomic E-state index is 0.568. The number of imidazole rings is 1. The van der Waals surface area contributed by atoms with Crippen LogP contribution in [0.5, 0.6) is 0 Å². The lowest BCUT2D eigenvalue weighted by Gasteiger charge is -2.06. The van der Waals surface area contributed by atoms with Crippen molar-refractivity contribution in [2.24, 2.45) is 0 Å². The van der Waals surface area contributed by atoms with Crippen molar-refractivity contribution in [2.45, 2.75) is 13.5 Å². The second-order valence-electron chi connectivity index (χ2n) is 5.62. The number of fused-ring (bicyclic) bond motifs is 1. The van der Waals surface area contributed by atoms with Crippen LogP contribution >= 0.6 is 22.9 Å². The van der Waals surface area contributed by atoms with Crippen molar-refractivity contribution in [3.05, 3.63) is 63.6 Å². The van der Waals surface area contributed by atoms with Gasteiger partial charge in [-0.2, -0.15) is 0 Å². The number of hydrogen-bond acceptors (Lipinski definition) is 4. The van der Waals surface area contributed by atoms with E-state index in [0.717, 1.165) is 33.0 Å². The lowest BCUT2D eigenvalue weighted by Crippen LogP contribution is -1.97. The van der Waals surface area contributed by atoms with E-state index in [1.807, 2.05) is 18.2 Å². The summed E-state index contributed by atoms with van der Waals surface area (Å²) in [6.07, 6.45) is 1.80. The van der Waals surface area contributed by atoms with Crippen LogP contribution in [0.15, 0.2) is 48.7 Å².